The second-order valence-electron chi connectivity index (χ2n) is 17.1. The Bertz CT molecular complexity index is 2130. The zero-order chi connectivity index (χ0) is 36.6. The molecule has 2 N–H and O–H groups in total. The van der Waals surface area contributed by atoms with Gasteiger partial charge in [0.1, 0.15) is 5.75 Å². The topological polar surface area (TPSA) is 87.1 Å². The molecule has 3 fully saturated rings. The van der Waals surface area contributed by atoms with E-state index in [0.29, 0.717) is 37.1 Å². The summed E-state index contributed by atoms with van der Waals surface area (Å²) in [5.41, 5.74) is -1.30. The van der Waals surface area contributed by atoms with Crippen molar-refractivity contribution in [1.29, 1.82) is 0 Å². The average molecular weight is 728 g/mol. The number of hydrogen-bond acceptors (Lipinski definition) is 6. The molecule has 53 heavy (non-hydrogen) atoms. The third kappa shape index (κ3) is 5.17. The number of carbonyl (C=O) groups excluding carboxylic acids is 2. The van der Waals surface area contributed by atoms with Crippen LogP contribution >= 0.6 is 11.3 Å². The van der Waals surface area contributed by atoms with Crippen LogP contribution in [0.2, 0.25) is 0 Å². The number of ketones is 1. The van der Waals surface area contributed by atoms with Gasteiger partial charge in [-0.15, -0.1) is 11.3 Å². The number of aliphatic hydroxyl groups is 2. The van der Waals surface area contributed by atoms with E-state index in [1.807, 2.05) is 84.2 Å². The second kappa shape index (κ2) is 12.5. The number of rotatable bonds is 8. The summed E-state index contributed by atoms with van der Waals surface area (Å²) in [6, 6.07) is 27.4. The molecule has 0 aliphatic heterocycles. The Balaban J connectivity index is 1.08. The summed E-state index contributed by atoms with van der Waals surface area (Å²) in [5.74, 6) is 0.729. The average Bonchev–Trinajstić information content (AvgIpc) is 3.78. The summed E-state index contributed by atoms with van der Waals surface area (Å²) in [6.45, 7) is 5.20. The number of benzene rings is 3. The molecule has 10 rings (SSSR count). The Morgan fingerprint density at radius 2 is 1.58 bits per heavy atom. The number of carbonyl (C=O) groups is 2. The first-order valence-corrected chi connectivity index (χ1v) is 20.3. The van der Waals surface area contributed by atoms with E-state index in [-0.39, 0.29) is 35.0 Å². The van der Waals surface area contributed by atoms with E-state index in [1.165, 1.54) is 4.88 Å². The van der Waals surface area contributed by atoms with Crippen molar-refractivity contribution in [1.82, 2.24) is 4.90 Å². The van der Waals surface area contributed by atoms with Crippen LogP contribution in [-0.2, 0) is 6.42 Å². The van der Waals surface area contributed by atoms with Gasteiger partial charge in [0.2, 0.25) is 0 Å². The molecule has 4 aromatic rings. The maximum absolute atomic E-state index is 14.8. The van der Waals surface area contributed by atoms with Gasteiger partial charge in [0.05, 0.1) is 18.2 Å². The van der Waals surface area contributed by atoms with Crippen LogP contribution in [0.3, 0.4) is 0 Å². The highest BCUT2D eigenvalue weighted by atomic mass is 32.1. The summed E-state index contributed by atoms with van der Waals surface area (Å²) in [7, 11) is 0. The number of fused-ring (bicyclic) bond motifs is 2. The zero-order valence-electron chi connectivity index (χ0n) is 30.7. The standard InChI is InChI=1S/C46H49NO5S/c1-42-20-16-34(48)28-44(42)23-24-46(37(29-44)40(49)32-10-4-3-5-11-32)38(42)17-21-43(2)39(46)18-22-45(43,51)30-47(25-19-36-13-8-26-53-36)41(50)52-35-15-14-31-9-6-7-12-33(31)27-35/h3-15,23-24,26-27,29,34,38-39,48,51H,16-22,25,28,30H2,1-2H3. The van der Waals surface area contributed by atoms with Gasteiger partial charge in [-0.1, -0.05) is 98.8 Å². The molecule has 0 radical (unpaired) electrons. The first-order chi connectivity index (χ1) is 25.5. The van der Waals surface area contributed by atoms with Crippen molar-refractivity contribution in [2.45, 2.75) is 76.9 Å². The minimum absolute atomic E-state index is 0.00783. The lowest BCUT2D eigenvalue weighted by molar-refractivity contribution is -0.175. The summed E-state index contributed by atoms with van der Waals surface area (Å²) >= 11 is 1.67. The molecule has 6 aliphatic carbocycles. The number of ether oxygens (including phenoxy) is 1. The quantitative estimate of drug-likeness (QED) is 0.140. The van der Waals surface area contributed by atoms with Crippen molar-refractivity contribution >= 4 is 34.0 Å². The molecule has 1 amide bonds. The molecule has 0 saturated heterocycles. The molecule has 3 saturated carbocycles. The largest absolute Gasteiger partial charge is 0.415 e. The number of aliphatic hydroxyl groups excluding tert-OH is 1. The summed E-state index contributed by atoms with van der Waals surface area (Å²) < 4.78 is 6.08. The normalized spacial score (nSPS) is 35.2. The van der Waals surface area contributed by atoms with Gasteiger partial charge < -0.3 is 19.8 Å². The SMILES string of the molecule is CC12CCC(O)CC13C=CC1(C(C(=O)c4ccccc4)=C3)C2CCC2(C)C1CCC2(O)CN(CCc1cccs1)C(=O)Oc1ccc2ccccc2c1. The highest BCUT2D eigenvalue weighted by Crippen LogP contribution is 2.78. The summed E-state index contributed by atoms with van der Waals surface area (Å²) in [5, 5.41) is 28.2. The van der Waals surface area contributed by atoms with E-state index in [2.05, 4.69) is 38.1 Å². The minimum atomic E-state index is -1.19. The Hall–Kier alpha value is -4.04. The van der Waals surface area contributed by atoms with Crippen molar-refractivity contribution in [2.24, 2.45) is 33.5 Å². The fraction of sp³-hybridized carbons (Fsp3) is 0.435. The third-order valence-corrected chi connectivity index (χ3v) is 15.8. The lowest BCUT2D eigenvalue weighted by Crippen LogP contribution is -2.67. The van der Waals surface area contributed by atoms with Gasteiger partial charge >= 0.3 is 6.09 Å². The van der Waals surface area contributed by atoms with E-state index in [4.69, 9.17) is 4.74 Å². The van der Waals surface area contributed by atoms with Crippen molar-refractivity contribution in [2.75, 3.05) is 13.1 Å². The van der Waals surface area contributed by atoms with Crippen LogP contribution in [0.4, 0.5) is 4.79 Å². The van der Waals surface area contributed by atoms with Crippen LogP contribution in [-0.4, -0.2) is 51.8 Å². The van der Waals surface area contributed by atoms with Crippen molar-refractivity contribution < 1.29 is 24.5 Å². The fourth-order valence-electron chi connectivity index (χ4n) is 12.0. The molecule has 6 nitrogen and oxygen atoms in total. The van der Waals surface area contributed by atoms with Crippen LogP contribution in [0, 0.1) is 33.5 Å². The lowest BCUT2D eigenvalue weighted by Gasteiger charge is -2.71. The predicted molar refractivity (Wildman–Crippen MR) is 209 cm³/mol. The van der Waals surface area contributed by atoms with Gasteiger partial charge in [-0.25, -0.2) is 4.79 Å². The molecule has 6 aliphatic rings. The van der Waals surface area contributed by atoms with Gasteiger partial charge in [-0.3, -0.25) is 4.79 Å². The highest BCUT2D eigenvalue weighted by Gasteiger charge is 2.74. The second-order valence-corrected chi connectivity index (χ2v) is 18.2. The van der Waals surface area contributed by atoms with Gasteiger partial charge in [0.15, 0.2) is 5.78 Å². The third-order valence-electron chi connectivity index (χ3n) is 14.8. The number of thiophene rings is 1. The smallest absolute Gasteiger partial charge is 0.410 e. The Kier molecular flexibility index (Phi) is 8.19. The van der Waals surface area contributed by atoms with Crippen LogP contribution in [0.1, 0.15) is 74.0 Å². The van der Waals surface area contributed by atoms with Crippen LogP contribution in [0.15, 0.2) is 114 Å². The molecule has 7 heteroatoms. The van der Waals surface area contributed by atoms with E-state index in [0.717, 1.165) is 48.4 Å². The van der Waals surface area contributed by atoms with Crippen molar-refractivity contribution in [3.8, 4) is 5.75 Å². The van der Waals surface area contributed by atoms with E-state index in [1.54, 1.807) is 16.2 Å². The fourth-order valence-corrected chi connectivity index (χ4v) is 12.7. The van der Waals surface area contributed by atoms with E-state index >= 15 is 0 Å². The molecule has 3 aromatic carbocycles. The molecular weight excluding hydrogens is 679 g/mol. The number of hydrogen-bond donors (Lipinski definition) is 2. The number of amides is 1. The van der Waals surface area contributed by atoms with E-state index < -0.39 is 28.6 Å². The molecule has 274 valence electrons. The first kappa shape index (κ1) is 34.7. The van der Waals surface area contributed by atoms with Crippen LogP contribution in [0.25, 0.3) is 10.8 Å². The molecule has 1 aromatic heterocycles. The minimum Gasteiger partial charge on any atom is -0.410 e. The number of nitrogens with zero attached hydrogens (tertiary/aromatic N) is 1. The van der Waals surface area contributed by atoms with Gasteiger partial charge in [0.25, 0.3) is 0 Å². The zero-order valence-corrected chi connectivity index (χ0v) is 31.5. The summed E-state index contributed by atoms with van der Waals surface area (Å²) in [6.07, 6.45) is 12.0. The molecule has 1 heterocycles. The number of Topliss-reactive ketones (excluding diaryl/α,β-unsaturated/α-hetero) is 1. The predicted octanol–water partition coefficient (Wildman–Crippen LogP) is 9.42. The maximum atomic E-state index is 14.8. The van der Waals surface area contributed by atoms with Crippen molar-refractivity contribution in [3.63, 3.8) is 0 Å². The first-order valence-electron chi connectivity index (χ1n) is 19.4. The van der Waals surface area contributed by atoms with Crippen molar-refractivity contribution in [3.05, 3.63) is 125 Å². The Morgan fingerprint density at radius 3 is 2.38 bits per heavy atom. The molecule has 8 atom stereocenters. The highest BCUT2D eigenvalue weighted by molar-refractivity contribution is 7.09. The molecule has 8 unspecified atom stereocenters. The van der Waals surface area contributed by atoms with E-state index in [9.17, 15) is 19.8 Å². The molecule has 2 bridgehead atoms. The Labute approximate surface area is 316 Å². The monoisotopic (exact) mass is 727 g/mol. The Morgan fingerprint density at radius 1 is 0.849 bits per heavy atom. The molecular formula is C46H49NO5S. The van der Waals surface area contributed by atoms with Gasteiger partial charge in [-0.2, -0.15) is 0 Å². The maximum Gasteiger partial charge on any atom is 0.415 e. The number of allylic oxidation sites excluding steroid dienone is 4. The van der Waals surface area contributed by atoms with Crippen LogP contribution < -0.4 is 4.74 Å². The van der Waals surface area contributed by atoms with Gasteiger partial charge in [0, 0.05) is 38.8 Å². The van der Waals surface area contributed by atoms with Gasteiger partial charge in [-0.05, 0) is 103 Å². The summed E-state index contributed by atoms with van der Waals surface area (Å²) in [4.78, 5) is 31.9. The van der Waals surface area contributed by atoms with Crippen LogP contribution in [0.5, 0.6) is 5.75 Å². The lowest BCUT2D eigenvalue weighted by atomic mass is 9.32. The molecule has 2 spiro atoms.